The van der Waals surface area contributed by atoms with Gasteiger partial charge in [0.2, 0.25) is 0 Å². The maximum atomic E-state index is 13.4. The molecule has 104 valence electrons. The van der Waals surface area contributed by atoms with Crippen molar-refractivity contribution in [2.75, 3.05) is 6.61 Å². The molecule has 2 rings (SSSR count). The van der Waals surface area contributed by atoms with Gasteiger partial charge in [0.05, 0.1) is 6.61 Å². The van der Waals surface area contributed by atoms with Gasteiger partial charge in [-0.2, -0.15) is 0 Å². The summed E-state index contributed by atoms with van der Waals surface area (Å²) in [5.74, 6) is -0.798. The molecule has 0 aliphatic heterocycles. The quantitative estimate of drug-likeness (QED) is 0.806. The molecule has 2 nitrogen and oxygen atoms in total. The molecule has 0 aliphatic carbocycles. The summed E-state index contributed by atoms with van der Waals surface area (Å²) in [4.78, 5) is 11.7. The van der Waals surface area contributed by atoms with Gasteiger partial charge in [-0.3, -0.25) is 4.79 Å². The minimum atomic E-state index is -0.692. The predicted molar refractivity (Wildman–Crippen MR) is 71.6 cm³/mol. The number of Topliss-reactive ketones (excluding diaryl/α,β-unsaturated/α-hetero) is 1. The van der Waals surface area contributed by atoms with Crippen molar-refractivity contribution in [3.63, 3.8) is 0 Å². The van der Waals surface area contributed by atoms with E-state index in [0.29, 0.717) is 5.75 Å². The zero-order chi connectivity index (χ0) is 14.4. The van der Waals surface area contributed by atoms with Crippen LogP contribution in [0.1, 0.15) is 12.0 Å². The summed E-state index contributed by atoms with van der Waals surface area (Å²) >= 11 is 0. The Bertz CT molecular complexity index is 582. The summed E-state index contributed by atoms with van der Waals surface area (Å²) in [5, 5.41) is 0. The van der Waals surface area contributed by atoms with Gasteiger partial charge in [0.25, 0.3) is 0 Å². The van der Waals surface area contributed by atoms with Gasteiger partial charge >= 0.3 is 0 Å². The lowest BCUT2D eigenvalue weighted by atomic mass is 10.1. The average Bonchev–Trinajstić information content (AvgIpc) is 2.43. The predicted octanol–water partition coefficient (Wildman–Crippen LogP) is 3.55. The summed E-state index contributed by atoms with van der Waals surface area (Å²) in [6.45, 7) is 0.242. The molecular formula is C16H14F2O2. The highest BCUT2D eigenvalue weighted by atomic mass is 19.1. The molecule has 0 unspecified atom stereocenters. The van der Waals surface area contributed by atoms with Crippen LogP contribution in [0, 0.1) is 11.6 Å². The van der Waals surface area contributed by atoms with E-state index in [1.807, 2.05) is 18.2 Å². The second-order valence-electron chi connectivity index (χ2n) is 4.36. The maximum Gasteiger partial charge on any atom is 0.140 e. The first-order valence-corrected chi connectivity index (χ1v) is 6.28. The molecule has 2 aromatic rings. The zero-order valence-electron chi connectivity index (χ0n) is 10.8. The van der Waals surface area contributed by atoms with Crippen LogP contribution in [0.2, 0.25) is 0 Å². The van der Waals surface area contributed by atoms with E-state index >= 15 is 0 Å². The fourth-order valence-electron chi connectivity index (χ4n) is 1.77. The Balaban J connectivity index is 1.81. The van der Waals surface area contributed by atoms with Crippen molar-refractivity contribution in [3.8, 4) is 5.75 Å². The summed E-state index contributed by atoms with van der Waals surface area (Å²) in [5.41, 5.74) is 0.205. The molecule has 0 radical (unpaired) electrons. The van der Waals surface area contributed by atoms with E-state index in [1.54, 1.807) is 12.1 Å². The van der Waals surface area contributed by atoms with Gasteiger partial charge < -0.3 is 4.74 Å². The van der Waals surface area contributed by atoms with E-state index in [4.69, 9.17) is 4.74 Å². The highest BCUT2D eigenvalue weighted by Crippen LogP contribution is 2.12. The van der Waals surface area contributed by atoms with Crippen LogP contribution in [0.5, 0.6) is 5.75 Å². The Morgan fingerprint density at radius 3 is 2.50 bits per heavy atom. The minimum absolute atomic E-state index is 0.0513. The molecule has 0 bridgehead atoms. The molecule has 2 aromatic carbocycles. The van der Waals surface area contributed by atoms with Crippen molar-refractivity contribution in [1.82, 2.24) is 0 Å². The summed E-state index contributed by atoms with van der Waals surface area (Å²) in [7, 11) is 0. The van der Waals surface area contributed by atoms with Crippen LogP contribution >= 0.6 is 0 Å². The molecule has 0 spiro atoms. The Kier molecular flexibility index (Phi) is 4.82. The van der Waals surface area contributed by atoms with E-state index < -0.39 is 11.6 Å². The summed E-state index contributed by atoms with van der Waals surface area (Å²) in [6.07, 6.45) is 0.135. The SMILES string of the molecule is O=C(CCOc1ccccc1)Cc1ccc(F)cc1F. The summed E-state index contributed by atoms with van der Waals surface area (Å²) < 4.78 is 31.5. The Morgan fingerprint density at radius 1 is 1.05 bits per heavy atom. The Labute approximate surface area is 116 Å². The van der Waals surface area contributed by atoms with E-state index in [9.17, 15) is 13.6 Å². The van der Waals surface area contributed by atoms with Gasteiger partial charge in [-0.15, -0.1) is 0 Å². The minimum Gasteiger partial charge on any atom is -0.493 e. The third-order valence-electron chi connectivity index (χ3n) is 2.80. The molecule has 4 heteroatoms. The number of carbonyl (C=O) groups excluding carboxylic acids is 1. The van der Waals surface area contributed by atoms with E-state index in [1.165, 1.54) is 6.07 Å². The number of hydrogen-bond acceptors (Lipinski definition) is 2. The largest absolute Gasteiger partial charge is 0.493 e. The highest BCUT2D eigenvalue weighted by Gasteiger charge is 2.09. The van der Waals surface area contributed by atoms with Gasteiger partial charge in [-0.25, -0.2) is 8.78 Å². The third kappa shape index (κ3) is 4.16. The number of hydrogen-bond donors (Lipinski definition) is 0. The van der Waals surface area contributed by atoms with Crippen molar-refractivity contribution < 1.29 is 18.3 Å². The third-order valence-corrected chi connectivity index (χ3v) is 2.80. The number of ketones is 1. The lowest BCUT2D eigenvalue weighted by Gasteiger charge is -2.06. The number of carbonyl (C=O) groups is 1. The molecule has 0 atom stereocenters. The van der Waals surface area contributed by atoms with E-state index in [2.05, 4.69) is 0 Å². The van der Waals surface area contributed by atoms with Crippen LogP contribution in [0.25, 0.3) is 0 Å². The van der Waals surface area contributed by atoms with E-state index in [-0.39, 0.29) is 30.8 Å². The number of ether oxygens (including phenoxy) is 1. The molecule has 20 heavy (non-hydrogen) atoms. The van der Waals surface area contributed by atoms with Crippen LogP contribution in [0.15, 0.2) is 48.5 Å². The standard InChI is InChI=1S/C16H14F2O2/c17-13-7-6-12(16(18)11-13)10-14(19)8-9-20-15-4-2-1-3-5-15/h1-7,11H,8-10H2. The average molecular weight is 276 g/mol. The molecular weight excluding hydrogens is 262 g/mol. The molecule has 0 aromatic heterocycles. The zero-order valence-corrected chi connectivity index (χ0v) is 10.8. The monoisotopic (exact) mass is 276 g/mol. The van der Waals surface area contributed by atoms with Crippen LogP contribution in [-0.2, 0) is 11.2 Å². The molecule has 0 saturated carbocycles. The van der Waals surface area contributed by atoms with E-state index in [0.717, 1.165) is 12.1 Å². The lowest BCUT2D eigenvalue weighted by Crippen LogP contribution is -2.10. The molecule has 0 fully saturated rings. The van der Waals surface area contributed by atoms with Crippen molar-refractivity contribution in [3.05, 3.63) is 65.7 Å². The molecule has 0 N–H and O–H groups in total. The second kappa shape index (κ2) is 6.80. The maximum absolute atomic E-state index is 13.4. The van der Waals surface area contributed by atoms with Gasteiger partial charge in [0.1, 0.15) is 23.2 Å². The molecule has 0 saturated heterocycles. The highest BCUT2D eigenvalue weighted by molar-refractivity contribution is 5.81. The number of rotatable bonds is 6. The Hall–Kier alpha value is -2.23. The van der Waals surface area contributed by atoms with Gasteiger partial charge in [-0.05, 0) is 23.8 Å². The van der Waals surface area contributed by atoms with Gasteiger partial charge in [0.15, 0.2) is 0 Å². The van der Waals surface area contributed by atoms with Crippen LogP contribution in [-0.4, -0.2) is 12.4 Å². The molecule has 0 heterocycles. The van der Waals surface area contributed by atoms with Crippen LogP contribution < -0.4 is 4.74 Å². The topological polar surface area (TPSA) is 26.3 Å². The lowest BCUT2D eigenvalue weighted by molar-refractivity contribution is -0.118. The number of para-hydroxylation sites is 1. The fraction of sp³-hybridized carbons (Fsp3) is 0.188. The van der Waals surface area contributed by atoms with Crippen molar-refractivity contribution >= 4 is 5.78 Å². The second-order valence-corrected chi connectivity index (χ2v) is 4.36. The van der Waals surface area contributed by atoms with Crippen molar-refractivity contribution in [2.45, 2.75) is 12.8 Å². The van der Waals surface area contributed by atoms with Crippen LogP contribution in [0.3, 0.4) is 0 Å². The van der Waals surface area contributed by atoms with Crippen molar-refractivity contribution in [2.24, 2.45) is 0 Å². The normalized spacial score (nSPS) is 10.3. The first kappa shape index (κ1) is 14.2. The van der Waals surface area contributed by atoms with Crippen LogP contribution in [0.4, 0.5) is 8.78 Å². The summed E-state index contributed by atoms with van der Waals surface area (Å²) in [6, 6.07) is 12.4. The smallest absolute Gasteiger partial charge is 0.140 e. The van der Waals surface area contributed by atoms with Gasteiger partial charge in [0, 0.05) is 18.9 Å². The number of benzene rings is 2. The molecule has 0 amide bonds. The van der Waals surface area contributed by atoms with Gasteiger partial charge in [-0.1, -0.05) is 24.3 Å². The van der Waals surface area contributed by atoms with Crippen molar-refractivity contribution in [1.29, 1.82) is 0 Å². The molecule has 0 aliphatic rings. The number of halogens is 2. The Morgan fingerprint density at radius 2 is 1.80 bits per heavy atom. The first-order valence-electron chi connectivity index (χ1n) is 6.28. The fourth-order valence-corrected chi connectivity index (χ4v) is 1.77. The first-order chi connectivity index (χ1) is 9.65.